The van der Waals surface area contributed by atoms with Crippen LogP contribution in [0.5, 0.6) is 0 Å². The van der Waals surface area contributed by atoms with Crippen LogP contribution in [0.25, 0.3) is 0 Å². The summed E-state index contributed by atoms with van der Waals surface area (Å²) in [6, 6.07) is 9.19. The van der Waals surface area contributed by atoms with Crippen LogP contribution in [0, 0.1) is 0 Å². The normalized spacial score (nSPS) is 28.9. The van der Waals surface area contributed by atoms with E-state index in [0.29, 0.717) is 13.0 Å². The van der Waals surface area contributed by atoms with E-state index in [4.69, 9.17) is 10.5 Å². The lowest BCUT2D eigenvalue weighted by Crippen LogP contribution is -2.54. The summed E-state index contributed by atoms with van der Waals surface area (Å²) in [5.74, 6) is -0.309. The summed E-state index contributed by atoms with van der Waals surface area (Å²) in [5, 5.41) is 13.1. The fourth-order valence-electron chi connectivity index (χ4n) is 2.34. The Balaban J connectivity index is 2.01. The molecule has 0 spiro atoms. The Bertz CT molecular complexity index is 475. The molecule has 1 aromatic carbocycles. The lowest BCUT2D eigenvalue weighted by Gasteiger charge is -2.29. The molecule has 5 nitrogen and oxygen atoms in total. The molecule has 0 saturated carbocycles. The topological polar surface area (TPSA) is 84.6 Å². The summed E-state index contributed by atoms with van der Waals surface area (Å²) < 4.78 is 5.34. The molecule has 0 aromatic heterocycles. The van der Waals surface area contributed by atoms with Crippen LogP contribution in [0.4, 0.5) is 0 Å². The van der Waals surface area contributed by atoms with Crippen molar-refractivity contribution in [1.29, 1.82) is 0 Å². The van der Waals surface area contributed by atoms with Crippen LogP contribution in [-0.4, -0.2) is 35.9 Å². The highest BCUT2D eigenvalue weighted by Gasteiger charge is 2.41. The first-order valence-corrected chi connectivity index (χ1v) is 6.83. The Hall–Kier alpha value is -1.43. The van der Waals surface area contributed by atoms with Gasteiger partial charge in [-0.1, -0.05) is 30.3 Å². The molecule has 5 heteroatoms. The van der Waals surface area contributed by atoms with Gasteiger partial charge in [0.25, 0.3) is 0 Å². The predicted molar refractivity (Wildman–Crippen MR) is 76.0 cm³/mol. The van der Waals surface area contributed by atoms with Gasteiger partial charge < -0.3 is 20.9 Å². The molecule has 1 heterocycles. The number of carbonyl (C=O) groups excluding carboxylic acids is 1. The number of nitrogens with two attached hydrogens (primary N) is 1. The Morgan fingerprint density at radius 2 is 2.20 bits per heavy atom. The van der Waals surface area contributed by atoms with Gasteiger partial charge in [-0.25, -0.2) is 0 Å². The third-order valence-corrected chi connectivity index (χ3v) is 4.06. The first-order valence-electron chi connectivity index (χ1n) is 6.83. The van der Waals surface area contributed by atoms with Crippen molar-refractivity contribution >= 4 is 5.91 Å². The first kappa shape index (κ1) is 15.0. The zero-order chi connectivity index (χ0) is 14.8. The molecule has 1 aliphatic heterocycles. The SMILES string of the molecule is CC1OCCC1(O)CNC(=O)C(C)(N)c1ccccc1. The monoisotopic (exact) mass is 278 g/mol. The van der Waals surface area contributed by atoms with Crippen molar-refractivity contribution in [2.75, 3.05) is 13.2 Å². The molecule has 0 bridgehead atoms. The van der Waals surface area contributed by atoms with Crippen LogP contribution in [-0.2, 0) is 15.1 Å². The summed E-state index contributed by atoms with van der Waals surface area (Å²) in [6.07, 6.45) is 0.227. The maximum Gasteiger partial charge on any atom is 0.244 e. The van der Waals surface area contributed by atoms with Crippen molar-refractivity contribution in [3.63, 3.8) is 0 Å². The lowest BCUT2D eigenvalue weighted by molar-refractivity contribution is -0.128. The number of ether oxygens (including phenoxy) is 1. The molecule has 110 valence electrons. The van der Waals surface area contributed by atoms with Crippen LogP contribution in [0.2, 0.25) is 0 Å². The number of nitrogens with one attached hydrogen (secondary N) is 1. The Morgan fingerprint density at radius 3 is 2.75 bits per heavy atom. The highest BCUT2D eigenvalue weighted by Crippen LogP contribution is 2.25. The highest BCUT2D eigenvalue weighted by atomic mass is 16.5. The predicted octanol–water partition coefficient (Wildman–Crippen LogP) is 0.517. The molecule has 1 amide bonds. The molecule has 1 aromatic rings. The van der Waals surface area contributed by atoms with Crippen molar-refractivity contribution < 1.29 is 14.6 Å². The molecule has 4 N–H and O–H groups in total. The van der Waals surface area contributed by atoms with Gasteiger partial charge in [-0.3, -0.25) is 4.79 Å². The van der Waals surface area contributed by atoms with Gasteiger partial charge in [0.1, 0.15) is 11.1 Å². The Morgan fingerprint density at radius 1 is 1.55 bits per heavy atom. The number of benzene rings is 1. The number of amides is 1. The third kappa shape index (κ3) is 2.85. The van der Waals surface area contributed by atoms with Crippen molar-refractivity contribution in [3.05, 3.63) is 35.9 Å². The van der Waals surface area contributed by atoms with Gasteiger partial charge in [-0.2, -0.15) is 0 Å². The van der Waals surface area contributed by atoms with E-state index in [0.717, 1.165) is 5.56 Å². The fourth-order valence-corrected chi connectivity index (χ4v) is 2.34. The zero-order valence-corrected chi connectivity index (χ0v) is 11.9. The first-order chi connectivity index (χ1) is 9.36. The second kappa shape index (κ2) is 5.52. The number of aliphatic hydroxyl groups is 1. The average molecular weight is 278 g/mol. The minimum Gasteiger partial charge on any atom is -0.385 e. The largest absolute Gasteiger partial charge is 0.385 e. The zero-order valence-electron chi connectivity index (χ0n) is 11.9. The smallest absolute Gasteiger partial charge is 0.244 e. The van der Waals surface area contributed by atoms with Crippen molar-refractivity contribution in [2.24, 2.45) is 5.73 Å². The van der Waals surface area contributed by atoms with Crippen LogP contribution in [0.15, 0.2) is 30.3 Å². The second-order valence-corrected chi connectivity index (χ2v) is 5.62. The molecule has 0 aliphatic carbocycles. The van der Waals surface area contributed by atoms with Crippen molar-refractivity contribution in [3.8, 4) is 0 Å². The van der Waals surface area contributed by atoms with Crippen molar-refractivity contribution in [1.82, 2.24) is 5.32 Å². The molecule has 3 unspecified atom stereocenters. The van der Waals surface area contributed by atoms with Gasteiger partial charge in [-0.05, 0) is 19.4 Å². The number of carbonyl (C=O) groups is 1. The van der Waals surface area contributed by atoms with Crippen LogP contribution in [0.3, 0.4) is 0 Å². The quantitative estimate of drug-likeness (QED) is 0.749. The molecule has 2 rings (SSSR count). The summed E-state index contributed by atoms with van der Waals surface area (Å²) in [4.78, 5) is 12.3. The summed E-state index contributed by atoms with van der Waals surface area (Å²) >= 11 is 0. The van der Waals surface area contributed by atoms with E-state index in [-0.39, 0.29) is 18.6 Å². The van der Waals surface area contributed by atoms with Gasteiger partial charge in [-0.15, -0.1) is 0 Å². The summed E-state index contributed by atoms with van der Waals surface area (Å²) in [5.41, 5.74) is 4.72. The van der Waals surface area contributed by atoms with Gasteiger partial charge in [0.2, 0.25) is 5.91 Å². The molecule has 1 fully saturated rings. The molecule has 1 aliphatic rings. The maximum absolute atomic E-state index is 12.3. The lowest BCUT2D eigenvalue weighted by atomic mass is 9.91. The van der Waals surface area contributed by atoms with E-state index in [9.17, 15) is 9.90 Å². The minimum absolute atomic E-state index is 0.145. The number of rotatable bonds is 4. The van der Waals surface area contributed by atoms with E-state index in [1.54, 1.807) is 13.8 Å². The fraction of sp³-hybridized carbons (Fsp3) is 0.533. The molecule has 3 atom stereocenters. The van der Waals surface area contributed by atoms with Gasteiger partial charge in [0.05, 0.1) is 6.10 Å². The number of hydrogen-bond acceptors (Lipinski definition) is 4. The van der Waals surface area contributed by atoms with Gasteiger partial charge in [0, 0.05) is 19.6 Å². The molecular formula is C15H22N2O3. The standard InChI is InChI=1S/C15H22N2O3/c1-11-15(19,8-9-20-11)10-17-13(18)14(2,16)12-6-4-3-5-7-12/h3-7,11,19H,8-10,16H2,1-2H3,(H,17,18). The van der Waals surface area contributed by atoms with Gasteiger partial charge >= 0.3 is 0 Å². The number of hydrogen-bond donors (Lipinski definition) is 3. The van der Waals surface area contributed by atoms with E-state index < -0.39 is 11.1 Å². The molecule has 1 saturated heterocycles. The summed E-state index contributed by atoms with van der Waals surface area (Å²) in [7, 11) is 0. The van der Waals surface area contributed by atoms with Crippen LogP contribution in [0.1, 0.15) is 25.8 Å². The van der Waals surface area contributed by atoms with Crippen molar-refractivity contribution in [2.45, 2.75) is 37.5 Å². The van der Waals surface area contributed by atoms with E-state index in [2.05, 4.69) is 5.32 Å². The van der Waals surface area contributed by atoms with E-state index in [1.807, 2.05) is 30.3 Å². The van der Waals surface area contributed by atoms with Crippen LogP contribution >= 0.6 is 0 Å². The third-order valence-electron chi connectivity index (χ3n) is 4.06. The summed E-state index contributed by atoms with van der Waals surface area (Å²) in [6.45, 7) is 4.12. The van der Waals surface area contributed by atoms with Gasteiger partial charge in [0.15, 0.2) is 0 Å². The second-order valence-electron chi connectivity index (χ2n) is 5.62. The van der Waals surface area contributed by atoms with E-state index >= 15 is 0 Å². The minimum atomic E-state index is -1.12. The highest BCUT2D eigenvalue weighted by molar-refractivity contribution is 5.87. The molecular weight excluding hydrogens is 256 g/mol. The average Bonchev–Trinajstić information content (AvgIpc) is 2.77. The van der Waals surface area contributed by atoms with E-state index in [1.165, 1.54) is 0 Å². The molecule has 0 radical (unpaired) electrons. The maximum atomic E-state index is 12.3. The Labute approximate surface area is 119 Å². The molecule has 20 heavy (non-hydrogen) atoms. The van der Waals surface area contributed by atoms with Crippen LogP contribution < -0.4 is 11.1 Å². The Kier molecular flexibility index (Phi) is 4.13.